The Morgan fingerprint density at radius 3 is 2.57 bits per heavy atom. The molecule has 0 saturated heterocycles. The van der Waals surface area contributed by atoms with Crippen molar-refractivity contribution in [1.29, 1.82) is 0 Å². The van der Waals surface area contributed by atoms with Crippen molar-refractivity contribution in [3.8, 4) is 5.92 Å². The zero-order valence-electron chi connectivity index (χ0n) is 4.32. The Hall–Kier alpha value is -0.770. The Bertz CT molecular complexity index is 97.2. The SMILES string of the molecule is [C]#CC(=O)CCC. The lowest BCUT2D eigenvalue weighted by molar-refractivity contribution is -0.113. The molecule has 0 unspecified atom stereocenters. The smallest absolute Gasteiger partial charge is 0.206 e. The highest BCUT2D eigenvalue weighted by Gasteiger charge is 1.88. The molecule has 0 aromatic carbocycles. The summed E-state index contributed by atoms with van der Waals surface area (Å²) >= 11 is 0. The molecule has 7 heavy (non-hydrogen) atoms. The van der Waals surface area contributed by atoms with Gasteiger partial charge in [0.2, 0.25) is 5.78 Å². The summed E-state index contributed by atoms with van der Waals surface area (Å²) in [5, 5.41) is 0. The van der Waals surface area contributed by atoms with E-state index in [1.165, 1.54) is 0 Å². The molecule has 0 aliphatic heterocycles. The molecular weight excluding hydrogens is 88.1 g/mol. The van der Waals surface area contributed by atoms with E-state index in [0.717, 1.165) is 6.42 Å². The molecule has 0 bridgehead atoms. The Kier molecular flexibility index (Phi) is 3.04. The Morgan fingerprint density at radius 1 is 1.86 bits per heavy atom. The molecule has 0 aliphatic rings. The van der Waals surface area contributed by atoms with Gasteiger partial charge in [-0.3, -0.25) is 4.79 Å². The van der Waals surface area contributed by atoms with Gasteiger partial charge in [0.1, 0.15) is 0 Å². The Balaban J connectivity index is 3.24. The first kappa shape index (κ1) is 6.23. The molecule has 37 valence electrons. The molecule has 0 rings (SSSR count). The number of hydrogen-bond donors (Lipinski definition) is 0. The number of ketones is 1. The summed E-state index contributed by atoms with van der Waals surface area (Å²) in [4.78, 5) is 10.1. The maximum absolute atomic E-state index is 10.1. The molecule has 0 aliphatic carbocycles. The number of hydrogen-bond acceptors (Lipinski definition) is 1. The van der Waals surface area contributed by atoms with Crippen molar-refractivity contribution in [2.75, 3.05) is 0 Å². The summed E-state index contributed by atoms with van der Waals surface area (Å²) in [7, 11) is 0. The maximum Gasteiger partial charge on any atom is 0.206 e. The van der Waals surface area contributed by atoms with Crippen LogP contribution in [0.1, 0.15) is 19.8 Å². The van der Waals surface area contributed by atoms with Crippen molar-refractivity contribution in [3.05, 3.63) is 6.42 Å². The van der Waals surface area contributed by atoms with Crippen LogP contribution >= 0.6 is 0 Å². The minimum Gasteiger partial charge on any atom is -0.285 e. The second kappa shape index (κ2) is 3.42. The first-order chi connectivity index (χ1) is 3.31. The van der Waals surface area contributed by atoms with Gasteiger partial charge in [-0.2, -0.15) is 0 Å². The van der Waals surface area contributed by atoms with Crippen LogP contribution in [0.3, 0.4) is 0 Å². The van der Waals surface area contributed by atoms with Crippen LogP contribution in [0, 0.1) is 12.3 Å². The lowest BCUT2D eigenvalue weighted by Crippen LogP contribution is -1.88. The fourth-order valence-corrected chi connectivity index (χ4v) is 0.290. The average molecular weight is 95.1 g/mol. The van der Waals surface area contributed by atoms with Crippen molar-refractivity contribution >= 4 is 5.78 Å². The zero-order valence-corrected chi connectivity index (χ0v) is 4.32. The van der Waals surface area contributed by atoms with Crippen LogP contribution in [-0.2, 0) is 4.79 Å². The van der Waals surface area contributed by atoms with Crippen molar-refractivity contribution in [1.82, 2.24) is 0 Å². The van der Waals surface area contributed by atoms with Gasteiger partial charge in [-0.15, -0.1) is 0 Å². The van der Waals surface area contributed by atoms with Crippen LogP contribution in [0.25, 0.3) is 0 Å². The highest BCUT2D eigenvalue weighted by Crippen LogP contribution is 1.84. The molecule has 0 aromatic rings. The molecule has 1 radical (unpaired) electrons. The zero-order chi connectivity index (χ0) is 5.70. The molecule has 0 N–H and O–H groups in total. The van der Waals surface area contributed by atoms with Crippen molar-refractivity contribution in [2.24, 2.45) is 0 Å². The standard InChI is InChI=1S/C6H7O/c1-3-5-6(7)4-2/h3,5H2,1H3. The van der Waals surface area contributed by atoms with Crippen LogP contribution in [-0.4, -0.2) is 5.78 Å². The fourth-order valence-electron chi connectivity index (χ4n) is 0.290. The molecule has 1 heteroatoms. The monoisotopic (exact) mass is 95.0 g/mol. The summed E-state index contributed by atoms with van der Waals surface area (Å²) < 4.78 is 0. The van der Waals surface area contributed by atoms with E-state index in [1.54, 1.807) is 5.92 Å². The van der Waals surface area contributed by atoms with Gasteiger partial charge >= 0.3 is 0 Å². The van der Waals surface area contributed by atoms with E-state index in [1.807, 2.05) is 6.92 Å². The highest BCUT2D eigenvalue weighted by molar-refractivity contribution is 5.93. The van der Waals surface area contributed by atoms with Crippen LogP contribution in [0.4, 0.5) is 0 Å². The van der Waals surface area contributed by atoms with E-state index in [2.05, 4.69) is 0 Å². The van der Waals surface area contributed by atoms with Gasteiger partial charge in [0, 0.05) is 6.42 Å². The van der Waals surface area contributed by atoms with Gasteiger partial charge in [0.05, 0.1) is 0 Å². The third-order valence-corrected chi connectivity index (χ3v) is 0.616. The summed E-state index contributed by atoms with van der Waals surface area (Å²) in [6, 6.07) is 0. The summed E-state index contributed by atoms with van der Waals surface area (Å²) in [5.41, 5.74) is 0. The highest BCUT2D eigenvalue weighted by atomic mass is 16.1. The topological polar surface area (TPSA) is 17.1 Å². The molecule has 1 nitrogen and oxygen atoms in total. The number of rotatable bonds is 2. The van der Waals surface area contributed by atoms with Gasteiger partial charge < -0.3 is 0 Å². The number of carbonyl (C=O) groups is 1. The van der Waals surface area contributed by atoms with Crippen molar-refractivity contribution in [2.45, 2.75) is 19.8 Å². The van der Waals surface area contributed by atoms with Gasteiger partial charge in [-0.1, -0.05) is 6.92 Å². The van der Waals surface area contributed by atoms with Crippen LogP contribution in [0.15, 0.2) is 0 Å². The quantitative estimate of drug-likeness (QED) is 0.466. The lowest BCUT2D eigenvalue weighted by Gasteiger charge is -1.79. The van der Waals surface area contributed by atoms with E-state index >= 15 is 0 Å². The maximum atomic E-state index is 10.1. The summed E-state index contributed by atoms with van der Waals surface area (Å²) in [5.74, 6) is 1.57. The molecular formula is C6H7O. The minimum absolute atomic E-state index is 0.206. The van der Waals surface area contributed by atoms with Gasteiger partial charge in [-0.05, 0) is 18.8 Å². The first-order valence-corrected chi connectivity index (χ1v) is 2.26. The van der Waals surface area contributed by atoms with Gasteiger partial charge in [0.15, 0.2) is 0 Å². The van der Waals surface area contributed by atoms with Crippen LogP contribution in [0.2, 0.25) is 0 Å². The first-order valence-electron chi connectivity index (χ1n) is 2.26. The molecule has 0 amide bonds. The molecule has 0 fully saturated rings. The number of carbonyl (C=O) groups excluding carboxylic acids is 1. The summed E-state index contributed by atoms with van der Waals surface area (Å²) in [6.45, 7) is 1.90. The normalized spacial score (nSPS) is 7.43. The van der Waals surface area contributed by atoms with Crippen molar-refractivity contribution < 1.29 is 4.79 Å². The second-order valence-electron chi connectivity index (χ2n) is 1.30. The van der Waals surface area contributed by atoms with E-state index in [0.29, 0.717) is 6.42 Å². The van der Waals surface area contributed by atoms with Gasteiger partial charge in [-0.25, -0.2) is 0 Å². The molecule has 0 heterocycles. The van der Waals surface area contributed by atoms with E-state index < -0.39 is 0 Å². The molecule has 0 saturated carbocycles. The predicted molar refractivity (Wildman–Crippen MR) is 27.0 cm³/mol. The number of Topliss-reactive ketones (excluding diaryl/α,β-unsaturated/α-hetero) is 1. The fraction of sp³-hybridized carbons (Fsp3) is 0.500. The van der Waals surface area contributed by atoms with Gasteiger partial charge in [0.25, 0.3) is 0 Å². The lowest BCUT2D eigenvalue weighted by atomic mass is 10.2. The van der Waals surface area contributed by atoms with Crippen LogP contribution < -0.4 is 0 Å². The van der Waals surface area contributed by atoms with E-state index in [4.69, 9.17) is 6.42 Å². The van der Waals surface area contributed by atoms with E-state index in [-0.39, 0.29) is 5.78 Å². The molecule has 0 aromatic heterocycles. The van der Waals surface area contributed by atoms with Crippen LogP contribution in [0.5, 0.6) is 0 Å². The Morgan fingerprint density at radius 2 is 2.43 bits per heavy atom. The summed E-state index contributed by atoms with van der Waals surface area (Å²) in [6.07, 6.45) is 7.58. The largest absolute Gasteiger partial charge is 0.285 e. The Labute approximate surface area is 43.7 Å². The second-order valence-corrected chi connectivity index (χ2v) is 1.30. The predicted octanol–water partition coefficient (Wildman–Crippen LogP) is 0.945. The van der Waals surface area contributed by atoms with Crippen molar-refractivity contribution in [3.63, 3.8) is 0 Å². The molecule has 0 spiro atoms. The average Bonchev–Trinajstić information content (AvgIpc) is 1.68. The third kappa shape index (κ3) is 3.05. The minimum atomic E-state index is -0.206. The molecule has 0 atom stereocenters. The van der Waals surface area contributed by atoms with E-state index in [9.17, 15) is 4.79 Å². The third-order valence-electron chi connectivity index (χ3n) is 0.616.